The lowest BCUT2D eigenvalue weighted by molar-refractivity contribution is 0.242. The zero-order chi connectivity index (χ0) is 13.4. The van der Waals surface area contributed by atoms with Gasteiger partial charge in [0, 0.05) is 18.4 Å². The highest BCUT2D eigenvalue weighted by Crippen LogP contribution is 2.20. The first-order valence-electron chi connectivity index (χ1n) is 6.34. The second kappa shape index (κ2) is 8.40. The number of hydrogen-bond donors (Lipinski definition) is 2. The fraction of sp³-hybridized carbons (Fsp3) is 0.571. The van der Waals surface area contributed by atoms with E-state index in [9.17, 15) is 0 Å². The molecule has 1 aromatic carbocycles. The number of benzene rings is 1. The van der Waals surface area contributed by atoms with E-state index in [0.29, 0.717) is 0 Å². The van der Waals surface area contributed by atoms with Crippen molar-refractivity contribution in [3.8, 4) is 5.75 Å². The van der Waals surface area contributed by atoms with Crippen LogP contribution in [0.2, 0.25) is 0 Å². The van der Waals surface area contributed by atoms with Gasteiger partial charge in [-0.3, -0.25) is 0 Å². The molecule has 0 radical (unpaired) electrons. The molecule has 3 N–H and O–H groups in total. The molecule has 1 rings (SSSR count). The number of aliphatic hydroxyl groups excluding tert-OH is 1. The molecule has 0 bridgehead atoms. The van der Waals surface area contributed by atoms with Gasteiger partial charge in [0.25, 0.3) is 0 Å². The molecule has 0 saturated carbocycles. The van der Waals surface area contributed by atoms with Crippen LogP contribution in [0.1, 0.15) is 31.9 Å². The van der Waals surface area contributed by atoms with Crippen molar-refractivity contribution in [2.75, 3.05) is 18.1 Å². The SMILES string of the molecule is CC(C)Oc1ccc(C(N)CSCCCO)cc1. The summed E-state index contributed by atoms with van der Waals surface area (Å²) in [5, 5.41) is 8.69. The molecule has 0 aliphatic carbocycles. The predicted octanol–water partition coefficient (Wildman–Crippen LogP) is 2.59. The summed E-state index contributed by atoms with van der Waals surface area (Å²) in [4.78, 5) is 0. The fourth-order valence-electron chi connectivity index (χ4n) is 1.54. The van der Waals surface area contributed by atoms with Crippen molar-refractivity contribution < 1.29 is 9.84 Å². The van der Waals surface area contributed by atoms with Crippen molar-refractivity contribution in [1.29, 1.82) is 0 Å². The molecule has 3 nitrogen and oxygen atoms in total. The lowest BCUT2D eigenvalue weighted by Gasteiger charge is -2.14. The minimum absolute atomic E-state index is 0.0433. The van der Waals surface area contributed by atoms with Crippen LogP contribution < -0.4 is 10.5 Å². The van der Waals surface area contributed by atoms with Gasteiger partial charge in [-0.2, -0.15) is 11.8 Å². The molecule has 1 atom stereocenters. The van der Waals surface area contributed by atoms with Crippen LogP contribution >= 0.6 is 11.8 Å². The number of hydrogen-bond acceptors (Lipinski definition) is 4. The van der Waals surface area contributed by atoms with Gasteiger partial charge in [-0.25, -0.2) is 0 Å². The van der Waals surface area contributed by atoms with Crippen LogP contribution in [0.4, 0.5) is 0 Å². The minimum Gasteiger partial charge on any atom is -0.491 e. The molecule has 1 aromatic rings. The van der Waals surface area contributed by atoms with E-state index in [-0.39, 0.29) is 18.8 Å². The monoisotopic (exact) mass is 269 g/mol. The van der Waals surface area contributed by atoms with Gasteiger partial charge in [-0.15, -0.1) is 0 Å². The normalized spacial score (nSPS) is 12.7. The third kappa shape index (κ3) is 5.76. The first-order valence-corrected chi connectivity index (χ1v) is 7.49. The molecular formula is C14H23NO2S. The summed E-state index contributed by atoms with van der Waals surface area (Å²) in [5.41, 5.74) is 7.23. The van der Waals surface area contributed by atoms with Gasteiger partial charge in [0.2, 0.25) is 0 Å². The minimum atomic E-state index is 0.0433. The quantitative estimate of drug-likeness (QED) is 0.712. The molecule has 0 amide bonds. The third-order valence-corrected chi connectivity index (χ3v) is 3.60. The van der Waals surface area contributed by atoms with Crippen LogP contribution in [0.25, 0.3) is 0 Å². The van der Waals surface area contributed by atoms with Crippen molar-refractivity contribution in [3.05, 3.63) is 29.8 Å². The molecule has 4 heteroatoms. The molecule has 0 saturated heterocycles. The van der Waals surface area contributed by atoms with Crippen LogP contribution in [0.5, 0.6) is 5.75 Å². The Bertz CT molecular complexity index is 327. The highest BCUT2D eigenvalue weighted by Gasteiger charge is 2.06. The molecule has 0 aliphatic rings. The Kier molecular flexibility index (Phi) is 7.16. The molecule has 102 valence electrons. The highest BCUT2D eigenvalue weighted by atomic mass is 32.2. The van der Waals surface area contributed by atoms with Crippen LogP contribution in [-0.4, -0.2) is 29.3 Å². The molecule has 0 aromatic heterocycles. The topological polar surface area (TPSA) is 55.5 Å². The molecule has 0 heterocycles. The van der Waals surface area contributed by atoms with E-state index in [0.717, 1.165) is 29.2 Å². The third-order valence-electron chi connectivity index (χ3n) is 2.42. The van der Waals surface area contributed by atoms with Gasteiger partial charge in [0.15, 0.2) is 0 Å². The maximum atomic E-state index is 8.69. The number of thioether (sulfide) groups is 1. The summed E-state index contributed by atoms with van der Waals surface area (Å²) in [6.45, 7) is 4.28. The van der Waals surface area contributed by atoms with E-state index < -0.39 is 0 Å². The molecule has 18 heavy (non-hydrogen) atoms. The zero-order valence-electron chi connectivity index (χ0n) is 11.1. The number of aliphatic hydroxyl groups is 1. The van der Waals surface area contributed by atoms with Crippen molar-refractivity contribution >= 4 is 11.8 Å². The smallest absolute Gasteiger partial charge is 0.119 e. The summed E-state index contributed by atoms with van der Waals surface area (Å²) >= 11 is 1.78. The summed E-state index contributed by atoms with van der Waals surface area (Å²) in [5.74, 6) is 2.72. The number of nitrogens with two attached hydrogens (primary N) is 1. The summed E-state index contributed by atoms with van der Waals surface area (Å²) in [6, 6.07) is 8.02. The lowest BCUT2D eigenvalue weighted by atomic mass is 10.1. The van der Waals surface area contributed by atoms with Crippen LogP contribution in [0, 0.1) is 0 Å². The summed E-state index contributed by atoms with van der Waals surface area (Å²) in [6.07, 6.45) is 1.03. The lowest BCUT2D eigenvalue weighted by Crippen LogP contribution is -2.13. The first-order chi connectivity index (χ1) is 8.63. The Balaban J connectivity index is 2.41. The Hall–Kier alpha value is -0.710. The van der Waals surface area contributed by atoms with Gasteiger partial charge >= 0.3 is 0 Å². The van der Waals surface area contributed by atoms with Gasteiger partial charge in [0.05, 0.1) is 6.10 Å². The van der Waals surface area contributed by atoms with E-state index >= 15 is 0 Å². The molecule has 0 fully saturated rings. The van der Waals surface area contributed by atoms with Gasteiger partial charge in [0.1, 0.15) is 5.75 Å². The zero-order valence-corrected chi connectivity index (χ0v) is 12.0. The highest BCUT2D eigenvalue weighted by molar-refractivity contribution is 7.99. The van der Waals surface area contributed by atoms with E-state index in [1.54, 1.807) is 11.8 Å². The molecule has 1 unspecified atom stereocenters. The van der Waals surface area contributed by atoms with Crippen molar-refractivity contribution in [2.24, 2.45) is 5.73 Å². The number of rotatable bonds is 8. The van der Waals surface area contributed by atoms with Gasteiger partial charge in [-0.1, -0.05) is 12.1 Å². The fourth-order valence-corrected chi connectivity index (χ4v) is 2.49. The standard InChI is InChI=1S/C14H23NO2S/c1-11(2)17-13-6-4-12(5-7-13)14(15)10-18-9-3-8-16/h4-7,11,14,16H,3,8-10,15H2,1-2H3. The Labute approximate surface area is 114 Å². The Morgan fingerprint density at radius 2 is 1.94 bits per heavy atom. The summed E-state index contributed by atoms with van der Waals surface area (Å²) < 4.78 is 5.59. The van der Waals surface area contributed by atoms with Crippen LogP contribution in [-0.2, 0) is 0 Å². The van der Waals surface area contributed by atoms with Crippen molar-refractivity contribution in [2.45, 2.75) is 32.4 Å². The van der Waals surface area contributed by atoms with Gasteiger partial charge < -0.3 is 15.6 Å². The van der Waals surface area contributed by atoms with Crippen molar-refractivity contribution in [1.82, 2.24) is 0 Å². The van der Waals surface area contributed by atoms with E-state index in [1.165, 1.54) is 0 Å². The maximum absolute atomic E-state index is 8.69. The molecule has 0 spiro atoms. The maximum Gasteiger partial charge on any atom is 0.119 e. The predicted molar refractivity (Wildman–Crippen MR) is 78.2 cm³/mol. The van der Waals surface area contributed by atoms with Gasteiger partial charge in [-0.05, 0) is 43.7 Å². The Morgan fingerprint density at radius 1 is 1.28 bits per heavy atom. The number of ether oxygens (including phenoxy) is 1. The molecule has 0 aliphatic heterocycles. The summed E-state index contributed by atoms with van der Waals surface area (Å²) in [7, 11) is 0. The second-order valence-electron chi connectivity index (χ2n) is 4.49. The molecular weight excluding hydrogens is 246 g/mol. The van der Waals surface area contributed by atoms with E-state index in [4.69, 9.17) is 15.6 Å². The second-order valence-corrected chi connectivity index (χ2v) is 5.64. The first kappa shape index (κ1) is 15.3. The van der Waals surface area contributed by atoms with Crippen molar-refractivity contribution in [3.63, 3.8) is 0 Å². The average molecular weight is 269 g/mol. The van der Waals surface area contributed by atoms with Crippen LogP contribution in [0.15, 0.2) is 24.3 Å². The van der Waals surface area contributed by atoms with E-state index in [1.807, 2.05) is 38.1 Å². The Morgan fingerprint density at radius 3 is 2.50 bits per heavy atom. The largest absolute Gasteiger partial charge is 0.491 e. The van der Waals surface area contributed by atoms with Crippen LogP contribution in [0.3, 0.4) is 0 Å². The van der Waals surface area contributed by atoms with E-state index in [2.05, 4.69) is 0 Å². The average Bonchev–Trinajstić information content (AvgIpc) is 2.34.